The summed E-state index contributed by atoms with van der Waals surface area (Å²) in [7, 11) is 10.2. The van der Waals surface area contributed by atoms with Gasteiger partial charge < -0.3 is 43.1 Å². The zero-order valence-electron chi connectivity index (χ0n) is 33.2. The third-order valence-electron chi connectivity index (χ3n) is 11.1. The Bertz CT molecular complexity index is 2540. The van der Waals surface area contributed by atoms with Crippen LogP contribution in [0.25, 0.3) is 0 Å². The van der Waals surface area contributed by atoms with E-state index in [4.69, 9.17) is 28.4 Å². The third kappa shape index (κ3) is 6.05. The van der Waals surface area contributed by atoms with Crippen LogP contribution in [0.1, 0.15) is 0 Å². The number of anilines is 9. The summed E-state index contributed by atoms with van der Waals surface area (Å²) in [5.41, 5.74) is 12.3. The second-order valence-corrected chi connectivity index (χ2v) is 13.9. The molecular formula is C48H42BN3O6. The van der Waals surface area contributed by atoms with Crippen molar-refractivity contribution in [3.63, 3.8) is 0 Å². The largest absolute Gasteiger partial charge is 0.497 e. The molecule has 9 rings (SSSR count). The summed E-state index contributed by atoms with van der Waals surface area (Å²) in [4.78, 5) is 7.02. The average molecular weight is 768 g/mol. The second kappa shape index (κ2) is 15.0. The number of nitrogens with zero attached hydrogens (tertiary/aromatic N) is 3. The van der Waals surface area contributed by atoms with Crippen molar-refractivity contribution in [3.05, 3.63) is 146 Å². The quantitative estimate of drug-likeness (QED) is 0.120. The van der Waals surface area contributed by atoms with E-state index >= 15 is 0 Å². The molecule has 7 aromatic carbocycles. The lowest BCUT2D eigenvalue weighted by Crippen LogP contribution is -2.61. The maximum atomic E-state index is 5.93. The van der Waals surface area contributed by atoms with Crippen molar-refractivity contribution in [3.8, 4) is 34.5 Å². The van der Waals surface area contributed by atoms with Crippen LogP contribution in [-0.2, 0) is 0 Å². The molecule has 2 aliphatic heterocycles. The van der Waals surface area contributed by atoms with Crippen molar-refractivity contribution in [2.75, 3.05) is 57.4 Å². The Morgan fingerprint density at radius 3 is 1.17 bits per heavy atom. The van der Waals surface area contributed by atoms with Gasteiger partial charge in [0.15, 0.2) is 0 Å². The first-order chi connectivity index (χ1) is 28.5. The lowest BCUT2D eigenvalue weighted by molar-refractivity contribution is 0.414. The molecule has 2 aliphatic rings. The SMILES string of the molecule is COc1ccc(N(c2ccc(OC)cc2)c2ccc3c4c2N(c2ccc(OC)cc2)c2ccc(OC)cc2B4c2cc(OC)ccc2N3c2ccc(OC)cc2)cc1. The Morgan fingerprint density at radius 2 is 0.741 bits per heavy atom. The Labute approximate surface area is 339 Å². The molecule has 7 aromatic rings. The fourth-order valence-corrected chi connectivity index (χ4v) is 8.30. The van der Waals surface area contributed by atoms with Crippen molar-refractivity contribution >= 4 is 74.3 Å². The van der Waals surface area contributed by atoms with Crippen molar-refractivity contribution < 1.29 is 28.4 Å². The molecule has 0 radical (unpaired) electrons. The molecule has 0 spiro atoms. The Kier molecular flexibility index (Phi) is 9.45. The predicted octanol–water partition coefficient (Wildman–Crippen LogP) is 9.29. The molecule has 0 amide bonds. The van der Waals surface area contributed by atoms with E-state index in [1.165, 1.54) is 0 Å². The van der Waals surface area contributed by atoms with Crippen molar-refractivity contribution in [2.24, 2.45) is 0 Å². The first-order valence-corrected chi connectivity index (χ1v) is 19.0. The molecule has 10 heteroatoms. The molecule has 0 saturated heterocycles. The number of hydrogen-bond donors (Lipinski definition) is 0. The smallest absolute Gasteiger partial charge is 0.252 e. The summed E-state index contributed by atoms with van der Waals surface area (Å²) in [5, 5.41) is 0. The molecule has 0 bridgehead atoms. The lowest BCUT2D eigenvalue weighted by atomic mass is 9.33. The fourth-order valence-electron chi connectivity index (χ4n) is 8.30. The maximum absolute atomic E-state index is 5.93. The topological polar surface area (TPSA) is 65.1 Å². The van der Waals surface area contributed by atoms with Gasteiger partial charge in [0, 0.05) is 39.8 Å². The molecule has 58 heavy (non-hydrogen) atoms. The summed E-state index contributed by atoms with van der Waals surface area (Å²) in [6, 6.07) is 50.0. The highest BCUT2D eigenvalue weighted by molar-refractivity contribution is 7.00. The van der Waals surface area contributed by atoms with Crippen molar-refractivity contribution in [1.82, 2.24) is 0 Å². The summed E-state index contributed by atoms with van der Waals surface area (Å²) in [6.45, 7) is -0.210. The van der Waals surface area contributed by atoms with E-state index in [9.17, 15) is 0 Å². The third-order valence-corrected chi connectivity index (χ3v) is 11.1. The minimum Gasteiger partial charge on any atom is -0.497 e. The van der Waals surface area contributed by atoms with Gasteiger partial charge in [-0.15, -0.1) is 0 Å². The molecule has 9 nitrogen and oxygen atoms in total. The maximum Gasteiger partial charge on any atom is 0.252 e. The van der Waals surface area contributed by atoms with E-state index < -0.39 is 0 Å². The minimum atomic E-state index is -0.210. The molecule has 0 aliphatic carbocycles. The van der Waals surface area contributed by atoms with E-state index in [0.717, 1.165) is 102 Å². The molecule has 0 aromatic heterocycles. The van der Waals surface area contributed by atoms with Crippen LogP contribution in [0.15, 0.2) is 146 Å². The standard InChI is InChI=1S/C48H42BN3O6/c1-53-35-15-7-31(8-16-35)50(32-9-17-36(54-2)18-10-32)46-28-27-45-47-48(46)52(34-13-21-38(56-4)22-14-34)44-26-24-40(58-6)30-42(44)49(47)41-29-39(57-5)23-25-43(41)51(45)33-11-19-37(55-3)20-12-33/h7-30H,1-6H3. The Balaban J connectivity index is 1.42. The highest BCUT2D eigenvalue weighted by Crippen LogP contribution is 2.51. The number of fused-ring (bicyclic) bond motifs is 4. The number of hydrogen-bond acceptors (Lipinski definition) is 9. The molecular weight excluding hydrogens is 725 g/mol. The van der Waals surface area contributed by atoms with E-state index in [1.54, 1.807) is 42.7 Å². The van der Waals surface area contributed by atoms with Crippen LogP contribution in [0.4, 0.5) is 51.2 Å². The second-order valence-electron chi connectivity index (χ2n) is 13.9. The summed E-state index contributed by atoms with van der Waals surface area (Å²) >= 11 is 0. The van der Waals surface area contributed by atoms with E-state index in [0.29, 0.717) is 0 Å². The van der Waals surface area contributed by atoms with Crippen LogP contribution < -0.4 is 59.5 Å². The highest BCUT2D eigenvalue weighted by atomic mass is 16.5. The lowest BCUT2D eigenvalue weighted by Gasteiger charge is -2.46. The van der Waals surface area contributed by atoms with Gasteiger partial charge in [0.2, 0.25) is 0 Å². The van der Waals surface area contributed by atoms with Gasteiger partial charge in [-0.3, -0.25) is 0 Å². The first kappa shape index (κ1) is 36.4. The fraction of sp³-hybridized carbons (Fsp3) is 0.125. The molecule has 0 atom stereocenters. The summed E-state index contributed by atoms with van der Waals surface area (Å²) < 4.78 is 34.4. The number of rotatable bonds is 11. The molecule has 0 N–H and O–H groups in total. The van der Waals surface area contributed by atoms with Crippen LogP contribution in [0.5, 0.6) is 34.5 Å². The summed E-state index contributed by atoms with van der Waals surface area (Å²) in [5.74, 6) is 4.65. The van der Waals surface area contributed by atoms with Gasteiger partial charge >= 0.3 is 0 Å². The first-order valence-electron chi connectivity index (χ1n) is 19.0. The van der Waals surface area contributed by atoms with Gasteiger partial charge in [-0.25, -0.2) is 0 Å². The Morgan fingerprint density at radius 1 is 0.379 bits per heavy atom. The monoisotopic (exact) mass is 767 g/mol. The van der Waals surface area contributed by atoms with Crippen LogP contribution >= 0.6 is 0 Å². The zero-order valence-corrected chi connectivity index (χ0v) is 33.2. The Hall–Kier alpha value is -7.20. The average Bonchev–Trinajstić information content (AvgIpc) is 3.29. The van der Waals surface area contributed by atoms with Crippen LogP contribution in [0.2, 0.25) is 0 Å². The van der Waals surface area contributed by atoms with Crippen LogP contribution in [0, 0.1) is 0 Å². The molecule has 2 heterocycles. The van der Waals surface area contributed by atoms with Crippen molar-refractivity contribution in [1.29, 1.82) is 0 Å². The van der Waals surface area contributed by atoms with Gasteiger partial charge in [-0.2, -0.15) is 0 Å². The zero-order chi connectivity index (χ0) is 39.9. The summed E-state index contributed by atoms with van der Waals surface area (Å²) in [6.07, 6.45) is 0. The van der Waals surface area contributed by atoms with Crippen LogP contribution in [-0.4, -0.2) is 49.4 Å². The molecule has 0 fully saturated rings. The van der Waals surface area contributed by atoms with E-state index in [2.05, 4.69) is 99.6 Å². The number of methoxy groups -OCH3 is 6. The van der Waals surface area contributed by atoms with Gasteiger partial charge in [0.05, 0.1) is 54.0 Å². The highest BCUT2D eigenvalue weighted by Gasteiger charge is 2.45. The van der Waals surface area contributed by atoms with Gasteiger partial charge in [0.25, 0.3) is 6.71 Å². The normalized spacial score (nSPS) is 12.2. The minimum absolute atomic E-state index is 0.210. The predicted molar refractivity (Wildman–Crippen MR) is 234 cm³/mol. The molecule has 0 saturated carbocycles. The van der Waals surface area contributed by atoms with Gasteiger partial charge in [-0.1, -0.05) is 0 Å². The molecule has 288 valence electrons. The van der Waals surface area contributed by atoms with E-state index in [-0.39, 0.29) is 6.71 Å². The van der Waals surface area contributed by atoms with E-state index in [1.807, 2.05) is 60.7 Å². The van der Waals surface area contributed by atoms with Gasteiger partial charge in [0.1, 0.15) is 34.5 Å². The van der Waals surface area contributed by atoms with Crippen molar-refractivity contribution in [2.45, 2.75) is 0 Å². The molecule has 0 unspecified atom stereocenters. The number of benzene rings is 7. The van der Waals surface area contributed by atoms with Crippen LogP contribution in [0.3, 0.4) is 0 Å². The van der Waals surface area contributed by atoms with Gasteiger partial charge in [-0.05, 0) is 162 Å². The number of ether oxygens (including phenoxy) is 6.